The second-order valence-electron chi connectivity index (χ2n) is 6.93. The average Bonchev–Trinajstić information content (AvgIpc) is 2.84. The predicted octanol–water partition coefficient (Wildman–Crippen LogP) is 6.07. The molecule has 0 radical (unpaired) electrons. The molecule has 5 heteroatoms. The van der Waals surface area contributed by atoms with Crippen molar-refractivity contribution in [1.82, 2.24) is 0 Å². The standard InChI is InChI=1S/C26H22Cl2O2Te/c1-29-25-15-13-21(17-23(25)19-9-5-3-6-10-19)31(27,28)22-14-16-26(30-2)24(18-22)20-11-7-4-8-12-20/h3-18H,1-2H3. The van der Waals surface area contributed by atoms with E-state index in [0.29, 0.717) is 0 Å². The molecule has 31 heavy (non-hydrogen) atoms. The van der Waals surface area contributed by atoms with Crippen LogP contribution in [0.5, 0.6) is 11.5 Å². The summed E-state index contributed by atoms with van der Waals surface area (Å²) in [4.78, 5) is 0. The van der Waals surface area contributed by atoms with Crippen LogP contribution >= 0.6 is 17.9 Å². The second-order valence-corrected chi connectivity index (χ2v) is 19.6. The van der Waals surface area contributed by atoms with Crippen LogP contribution in [-0.2, 0) is 0 Å². The molecule has 0 aliphatic rings. The Labute approximate surface area is 194 Å². The third-order valence-corrected chi connectivity index (χ3v) is 14.7. The van der Waals surface area contributed by atoms with E-state index < -0.39 is 15.9 Å². The Morgan fingerprint density at radius 1 is 0.548 bits per heavy atom. The van der Waals surface area contributed by atoms with Gasteiger partial charge in [-0.1, -0.05) is 0 Å². The Morgan fingerprint density at radius 3 is 1.29 bits per heavy atom. The van der Waals surface area contributed by atoms with E-state index in [-0.39, 0.29) is 0 Å². The number of hydrogen-bond acceptors (Lipinski definition) is 2. The molecule has 0 saturated heterocycles. The van der Waals surface area contributed by atoms with Crippen molar-refractivity contribution < 1.29 is 9.47 Å². The molecule has 4 aromatic rings. The van der Waals surface area contributed by atoms with Crippen molar-refractivity contribution in [2.24, 2.45) is 0 Å². The summed E-state index contributed by atoms with van der Waals surface area (Å²) in [5.41, 5.74) is 4.09. The van der Waals surface area contributed by atoms with Gasteiger partial charge < -0.3 is 0 Å². The monoisotopic (exact) mass is 566 g/mol. The minimum atomic E-state index is -3.67. The summed E-state index contributed by atoms with van der Waals surface area (Å²) in [6.07, 6.45) is 0. The summed E-state index contributed by atoms with van der Waals surface area (Å²) in [6, 6.07) is 32.2. The Kier molecular flexibility index (Phi) is 6.80. The number of ether oxygens (including phenoxy) is 2. The van der Waals surface area contributed by atoms with E-state index in [0.717, 1.165) is 41.0 Å². The summed E-state index contributed by atoms with van der Waals surface area (Å²) < 4.78 is 13.1. The van der Waals surface area contributed by atoms with Crippen molar-refractivity contribution in [3.05, 3.63) is 97.1 Å². The molecule has 158 valence electrons. The number of benzene rings is 4. The molecular weight excluding hydrogens is 543 g/mol. The van der Waals surface area contributed by atoms with Crippen molar-refractivity contribution in [2.45, 2.75) is 0 Å². The first kappa shape index (κ1) is 22.1. The van der Waals surface area contributed by atoms with Crippen molar-refractivity contribution >= 4 is 41.1 Å². The zero-order chi connectivity index (χ0) is 21.8. The van der Waals surface area contributed by atoms with E-state index >= 15 is 0 Å². The van der Waals surface area contributed by atoms with Crippen LogP contribution in [0.3, 0.4) is 0 Å². The molecule has 0 N–H and O–H groups in total. The van der Waals surface area contributed by atoms with Crippen LogP contribution in [0.1, 0.15) is 0 Å². The molecule has 0 aliphatic carbocycles. The molecule has 4 rings (SSSR count). The normalized spacial score (nSPS) is 11.7. The van der Waals surface area contributed by atoms with Gasteiger partial charge in [-0.15, -0.1) is 0 Å². The topological polar surface area (TPSA) is 18.5 Å². The Hall–Kier alpha value is -2.15. The van der Waals surface area contributed by atoms with Gasteiger partial charge in [-0.25, -0.2) is 0 Å². The first-order chi connectivity index (χ1) is 15.0. The molecule has 0 saturated carbocycles. The molecule has 0 amide bonds. The molecule has 0 aliphatic heterocycles. The minimum absolute atomic E-state index is 0.793. The van der Waals surface area contributed by atoms with Gasteiger partial charge in [0.1, 0.15) is 0 Å². The van der Waals surface area contributed by atoms with Crippen molar-refractivity contribution in [3.8, 4) is 33.8 Å². The summed E-state index contributed by atoms with van der Waals surface area (Å²) in [5, 5.41) is 0. The first-order valence-corrected chi connectivity index (χ1v) is 18.0. The molecule has 0 heterocycles. The number of rotatable bonds is 6. The first-order valence-electron chi connectivity index (χ1n) is 9.74. The molecule has 0 aromatic heterocycles. The van der Waals surface area contributed by atoms with E-state index in [1.807, 2.05) is 60.7 Å². The van der Waals surface area contributed by atoms with Crippen LogP contribution in [0, 0.1) is 0 Å². The zero-order valence-corrected chi connectivity index (χ0v) is 21.1. The van der Waals surface area contributed by atoms with Crippen molar-refractivity contribution in [3.63, 3.8) is 0 Å². The van der Waals surface area contributed by atoms with Gasteiger partial charge >= 0.3 is 196 Å². The van der Waals surface area contributed by atoms with E-state index in [1.54, 1.807) is 14.2 Å². The Bertz CT molecular complexity index is 1090. The fourth-order valence-corrected chi connectivity index (χ4v) is 9.75. The third-order valence-electron chi connectivity index (χ3n) is 5.10. The maximum absolute atomic E-state index is 7.17. The molecule has 0 unspecified atom stereocenters. The SMILES string of the molecule is COc1ccc([Te](Cl)(Cl)c2ccc(OC)c(-c3ccccc3)c2)cc1-c1ccccc1. The quantitative estimate of drug-likeness (QED) is 0.265. The van der Waals surface area contributed by atoms with E-state index in [2.05, 4.69) is 36.4 Å². The van der Waals surface area contributed by atoms with Gasteiger partial charge in [0.15, 0.2) is 0 Å². The molecule has 0 spiro atoms. The maximum atomic E-state index is 7.17. The fourth-order valence-electron chi connectivity index (χ4n) is 3.52. The predicted molar refractivity (Wildman–Crippen MR) is 134 cm³/mol. The van der Waals surface area contributed by atoms with E-state index in [1.165, 1.54) is 0 Å². The summed E-state index contributed by atoms with van der Waals surface area (Å²) in [5.74, 6) is 1.59. The molecule has 0 fully saturated rings. The summed E-state index contributed by atoms with van der Waals surface area (Å²) in [7, 11) is 17.7. The molecule has 4 aromatic carbocycles. The van der Waals surface area contributed by atoms with Crippen molar-refractivity contribution in [1.29, 1.82) is 0 Å². The summed E-state index contributed by atoms with van der Waals surface area (Å²) >= 11 is -3.67. The van der Waals surface area contributed by atoms with Gasteiger partial charge in [0.05, 0.1) is 0 Å². The van der Waals surface area contributed by atoms with Gasteiger partial charge in [-0.2, -0.15) is 0 Å². The van der Waals surface area contributed by atoms with Gasteiger partial charge in [0.25, 0.3) is 0 Å². The third kappa shape index (κ3) is 4.56. The fraction of sp³-hybridized carbons (Fsp3) is 0.0769. The Balaban J connectivity index is 1.82. The van der Waals surface area contributed by atoms with Gasteiger partial charge in [0, 0.05) is 0 Å². The number of hydrogen-bond donors (Lipinski definition) is 0. The molecular formula is C26H22Cl2O2Te. The number of halogens is 2. The molecule has 0 bridgehead atoms. The van der Waals surface area contributed by atoms with Crippen molar-refractivity contribution in [2.75, 3.05) is 14.2 Å². The summed E-state index contributed by atoms with van der Waals surface area (Å²) in [6.45, 7) is 0. The van der Waals surface area contributed by atoms with Crippen LogP contribution in [0.4, 0.5) is 0 Å². The van der Waals surface area contributed by atoms with E-state index in [4.69, 9.17) is 27.4 Å². The average molecular weight is 565 g/mol. The van der Waals surface area contributed by atoms with Crippen LogP contribution < -0.4 is 16.7 Å². The van der Waals surface area contributed by atoms with Crippen LogP contribution in [0.25, 0.3) is 22.3 Å². The van der Waals surface area contributed by atoms with E-state index in [9.17, 15) is 0 Å². The van der Waals surface area contributed by atoms with Crippen LogP contribution in [-0.4, -0.2) is 30.2 Å². The van der Waals surface area contributed by atoms with Gasteiger partial charge in [-0.3, -0.25) is 0 Å². The van der Waals surface area contributed by atoms with Crippen LogP contribution in [0.2, 0.25) is 0 Å². The zero-order valence-electron chi connectivity index (χ0n) is 17.2. The number of methoxy groups -OCH3 is 2. The molecule has 2 nitrogen and oxygen atoms in total. The van der Waals surface area contributed by atoms with Gasteiger partial charge in [-0.05, 0) is 0 Å². The molecule has 0 atom stereocenters. The van der Waals surface area contributed by atoms with Gasteiger partial charge in [0.2, 0.25) is 0 Å². The van der Waals surface area contributed by atoms with Crippen LogP contribution in [0.15, 0.2) is 97.1 Å². The second kappa shape index (κ2) is 9.55. The Morgan fingerprint density at radius 2 is 0.935 bits per heavy atom.